The zero-order valence-electron chi connectivity index (χ0n) is 14.1. The largest absolute Gasteiger partial charge is 0.493 e. The van der Waals surface area contributed by atoms with E-state index < -0.39 is 11.8 Å². The number of carbonyl (C=O) groups is 2. The third-order valence-corrected chi connectivity index (χ3v) is 5.17. The van der Waals surface area contributed by atoms with Crippen molar-refractivity contribution in [3.05, 3.63) is 39.1 Å². The molecule has 5 heteroatoms. The number of hydrogen-bond donors (Lipinski definition) is 0. The Labute approximate surface area is 145 Å². The van der Waals surface area contributed by atoms with E-state index in [4.69, 9.17) is 9.47 Å². The number of Topliss-reactive ketones (excluding diaryl/α,β-unsaturated/α-hetero) is 1. The molecule has 1 aromatic carbocycles. The van der Waals surface area contributed by atoms with Crippen molar-refractivity contribution in [3.63, 3.8) is 0 Å². The van der Waals surface area contributed by atoms with Crippen LogP contribution in [0.25, 0.3) is 11.1 Å². The monoisotopic (exact) mass is 344 g/mol. The van der Waals surface area contributed by atoms with Gasteiger partial charge in [-0.25, -0.2) is 4.79 Å². The van der Waals surface area contributed by atoms with Crippen LogP contribution in [0.1, 0.15) is 39.0 Å². The Morgan fingerprint density at radius 2 is 2.04 bits per heavy atom. The van der Waals surface area contributed by atoms with E-state index in [1.54, 1.807) is 6.92 Å². The van der Waals surface area contributed by atoms with Gasteiger partial charge in [-0.15, -0.1) is 11.3 Å². The number of carbonyl (C=O) groups excluding carboxylic acids is 2. The smallest absolute Gasteiger partial charge is 0.379 e. The summed E-state index contributed by atoms with van der Waals surface area (Å²) < 4.78 is 10.6. The lowest BCUT2D eigenvalue weighted by molar-refractivity contribution is -0.137. The van der Waals surface area contributed by atoms with E-state index in [1.807, 2.05) is 26.0 Å². The topological polar surface area (TPSA) is 52.6 Å². The molecule has 126 valence electrons. The summed E-state index contributed by atoms with van der Waals surface area (Å²) in [5, 5.41) is 0. The highest BCUT2D eigenvalue weighted by atomic mass is 32.1. The van der Waals surface area contributed by atoms with Gasteiger partial charge >= 0.3 is 5.97 Å². The third kappa shape index (κ3) is 2.96. The predicted molar refractivity (Wildman–Crippen MR) is 94.0 cm³/mol. The van der Waals surface area contributed by atoms with Crippen molar-refractivity contribution in [3.8, 4) is 16.9 Å². The highest BCUT2D eigenvalue weighted by molar-refractivity contribution is 7.13. The molecule has 2 heterocycles. The van der Waals surface area contributed by atoms with Gasteiger partial charge in [-0.2, -0.15) is 0 Å². The molecule has 0 amide bonds. The van der Waals surface area contributed by atoms with Crippen LogP contribution in [-0.4, -0.2) is 25.0 Å². The maximum atomic E-state index is 12.6. The van der Waals surface area contributed by atoms with Gasteiger partial charge in [0.15, 0.2) is 0 Å². The second kappa shape index (κ2) is 6.77. The number of ketones is 1. The van der Waals surface area contributed by atoms with Crippen molar-refractivity contribution in [2.24, 2.45) is 0 Å². The Morgan fingerprint density at radius 3 is 2.79 bits per heavy atom. The molecular formula is C19H20O4S. The van der Waals surface area contributed by atoms with Gasteiger partial charge in [0.05, 0.1) is 18.8 Å². The summed E-state index contributed by atoms with van der Waals surface area (Å²) in [6, 6.07) is 5.99. The quantitative estimate of drug-likeness (QED) is 0.476. The Kier molecular flexibility index (Phi) is 4.71. The summed E-state index contributed by atoms with van der Waals surface area (Å²) in [4.78, 5) is 26.4. The maximum absolute atomic E-state index is 12.6. The molecule has 0 fully saturated rings. The van der Waals surface area contributed by atoms with E-state index in [-0.39, 0.29) is 6.61 Å². The van der Waals surface area contributed by atoms with Gasteiger partial charge in [-0.05, 0) is 56.9 Å². The first-order chi connectivity index (χ1) is 11.5. The zero-order chi connectivity index (χ0) is 17.3. The van der Waals surface area contributed by atoms with E-state index in [2.05, 4.69) is 6.07 Å². The van der Waals surface area contributed by atoms with Crippen LogP contribution < -0.4 is 4.74 Å². The van der Waals surface area contributed by atoms with Crippen molar-refractivity contribution in [2.45, 2.75) is 33.6 Å². The average Bonchev–Trinajstić information content (AvgIpc) is 2.88. The molecule has 0 atom stereocenters. The third-order valence-electron chi connectivity index (χ3n) is 4.15. The van der Waals surface area contributed by atoms with E-state index in [1.165, 1.54) is 11.3 Å². The van der Waals surface area contributed by atoms with E-state index in [0.717, 1.165) is 51.6 Å². The Bertz CT molecular complexity index is 804. The summed E-state index contributed by atoms with van der Waals surface area (Å²) in [6.45, 7) is 6.48. The van der Waals surface area contributed by atoms with Crippen molar-refractivity contribution < 1.29 is 19.1 Å². The van der Waals surface area contributed by atoms with Crippen molar-refractivity contribution in [1.82, 2.24) is 0 Å². The van der Waals surface area contributed by atoms with Crippen LogP contribution in [0.5, 0.6) is 5.75 Å². The molecule has 0 unspecified atom stereocenters. The minimum Gasteiger partial charge on any atom is -0.493 e. The SMILES string of the molecule is CCOC(=O)C(=O)c1c(C)sc(C)c1-c1ccc2c(c1)CCCO2. The summed E-state index contributed by atoms with van der Waals surface area (Å²) in [5.41, 5.74) is 3.40. The van der Waals surface area contributed by atoms with Gasteiger partial charge in [0.25, 0.3) is 5.78 Å². The minimum atomic E-state index is -0.791. The summed E-state index contributed by atoms with van der Waals surface area (Å²) in [6.07, 6.45) is 1.96. The van der Waals surface area contributed by atoms with Gasteiger partial charge in [0.1, 0.15) is 5.75 Å². The summed E-state index contributed by atoms with van der Waals surface area (Å²) in [7, 11) is 0. The van der Waals surface area contributed by atoms with Gasteiger partial charge < -0.3 is 9.47 Å². The first-order valence-corrected chi connectivity index (χ1v) is 8.92. The molecular weight excluding hydrogens is 324 g/mol. The first kappa shape index (κ1) is 16.7. The molecule has 0 radical (unpaired) electrons. The van der Waals surface area contributed by atoms with E-state index >= 15 is 0 Å². The lowest BCUT2D eigenvalue weighted by atomic mass is 9.94. The van der Waals surface area contributed by atoms with Gasteiger partial charge in [0.2, 0.25) is 0 Å². The molecule has 1 aromatic heterocycles. The lowest BCUT2D eigenvalue weighted by Crippen LogP contribution is -2.18. The maximum Gasteiger partial charge on any atom is 0.379 e. The molecule has 0 saturated heterocycles. The molecule has 0 bridgehead atoms. The number of aryl methyl sites for hydroxylation is 3. The molecule has 3 rings (SSSR count). The number of rotatable bonds is 4. The highest BCUT2D eigenvalue weighted by Crippen LogP contribution is 2.38. The number of hydrogen-bond acceptors (Lipinski definition) is 5. The van der Waals surface area contributed by atoms with Crippen molar-refractivity contribution >= 4 is 23.1 Å². The molecule has 1 aliphatic rings. The highest BCUT2D eigenvalue weighted by Gasteiger charge is 2.27. The normalized spacial score (nSPS) is 13.1. The number of ether oxygens (including phenoxy) is 2. The number of thiophene rings is 1. The zero-order valence-corrected chi connectivity index (χ0v) is 14.9. The summed E-state index contributed by atoms with van der Waals surface area (Å²) in [5.74, 6) is -0.448. The van der Waals surface area contributed by atoms with Crippen LogP contribution in [0.3, 0.4) is 0 Å². The fourth-order valence-corrected chi connectivity index (χ4v) is 4.20. The van der Waals surface area contributed by atoms with Crippen LogP contribution in [0, 0.1) is 13.8 Å². The van der Waals surface area contributed by atoms with Crippen LogP contribution in [0.2, 0.25) is 0 Å². The van der Waals surface area contributed by atoms with Crippen LogP contribution in [-0.2, 0) is 16.0 Å². The molecule has 0 N–H and O–H groups in total. The molecule has 4 nitrogen and oxygen atoms in total. The molecule has 1 aliphatic heterocycles. The lowest BCUT2D eigenvalue weighted by Gasteiger charge is -2.18. The second-order valence-corrected chi connectivity index (χ2v) is 7.22. The van der Waals surface area contributed by atoms with Gasteiger partial charge in [-0.3, -0.25) is 4.79 Å². The molecule has 24 heavy (non-hydrogen) atoms. The average molecular weight is 344 g/mol. The van der Waals surface area contributed by atoms with Crippen LogP contribution >= 0.6 is 11.3 Å². The van der Waals surface area contributed by atoms with Crippen molar-refractivity contribution in [1.29, 1.82) is 0 Å². The fraction of sp³-hybridized carbons (Fsp3) is 0.368. The van der Waals surface area contributed by atoms with E-state index in [0.29, 0.717) is 5.56 Å². The van der Waals surface area contributed by atoms with Gasteiger partial charge in [0, 0.05) is 15.3 Å². The summed E-state index contributed by atoms with van der Waals surface area (Å²) >= 11 is 1.53. The van der Waals surface area contributed by atoms with Gasteiger partial charge in [-0.1, -0.05) is 6.07 Å². The predicted octanol–water partition coefficient (Wildman–Crippen LogP) is 4.10. The Hall–Kier alpha value is -2.14. The van der Waals surface area contributed by atoms with E-state index in [9.17, 15) is 9.59 Å². The fourth-order valence-electron chi connectivity index (χ4n) is 3.12. The van der Waals surface area contributed by atoms with Crippen LogP contribution in [0.4, 0.5) is 0 Å². The minimum absolute atomic E-state index is 0.193. The Balaban J connectivity index is 2.08. The molecule has 2 aromatic rings. The number of fused-ring (bicyclic) bond motifs is 1. The second-order valence-electron chi connectivity index (χ2n) is 5.79. The number of esters is 1. The molecule has 0 saturated carbocycles. The first-order valence-electron chi connectivity index (χ1n) is 8.10. The molecule has 0 aliphatic carbocycles. The number of benzene rings is 1. The molecule has 0 spiro atoms. The Morgan fingerprint density at radius 1 is 1.25 bits per heavy atom. The van der Waals surface area contributed by atoms with Crippen LogP contribution in [0.15, 0.2) is 18.2 Å². The van der Waals surface area contributed by atoms with Crippen molar-refractivity contribution in [2.75, 3.05) is 13.2 Å². The standard InChI is InChI=1S/C19H20O4S/c1-4-22-19(21)18(20)17-12(3)24-11(2)16(17)14-7-8-15-13(10-14)6-5-9-23-15/h7-8,10H,4-6,9H2,1-3H3.